The van der Waals surface area contributed by atoms with E-state index in [-0.39, 0.29) is 16.9 Å². The molecule has 0 radical (unpaired) electrons. The van der Waals surface area contributed by atoms with Crippen LogP contribution in [0.2, 0.25) is 0 Å². The molecule has 0 fully saturated rings. The third kappa shape index (κ3) is 2.73. The van der Waals surface area contributed by atoms with E-state index in [1.54, 1.807) is 19.9 Å². The van der Waals surface area contributed by atoms with E-state index in [2.05, 4.69) is 15.9 Å². The van der Waals surface area contributed by atoms with Crippen LogP contribution in [-0.2, 0) is 0 Å². The van der Waals surface area contributed by atoms with Crippen molar-refractivity contribution in [3.8, 4) is 0 Å². The van der Waals surface area contributed by atoms with Gasteiger partial charge in [0.2, 0.25) is 0 Å². The smallest absolute Gasteiger partial charge is 0.195 e. The SMILES string of the molecule is Cc1cc(C(=O)c2ccc(Br)cc2F)cc(C)c1F. The van der Waals surface area contributed by atoms with Gasteiger partial charge in [0.25, 0.3) is 0 Å². The molecule has 0 saturated heterocycles. The van der Waals surface area contributed by atoms with Gasteiger partial charge in [-0.25, -0.2) is 8.78 Å². The Morgan fingerprint density at radius 1 is 1.05 bits per heavy atom. The van der Waals surface area contributed by atoms with Crippen LogP contribution < -0.4 is 0 Å². The summed E-state index contributed by atoms with van der Waals surface area (Å²) in [4.78, 5) is 12.2. The highest BCUT2D eigenvalue weighted by Gasteiger charge is 2.16. The number of aryl methyl sites for hydroxylation is 2. The summed E-state index contributed by atoms with van der Waals surface area (Å²) in [6.07, 6.45) is 0. The van der Waals surface area contributed by atoms with Crippen molar-refractivity contribution in [2.75, 3.05) is 0 Å². The minimum absolute atomic E-state index is 0.0198. The van der Waals surface area contributed by atoms with Gasteiger partial charge in [-0.2, -0.15) is 0 Å². The quantitative estimate of drug-likeness (QED) is 0.739. The Kier molecular flexibility index (Phi) is 3.80. The molecule has 2 aromatic rings. The van der Waals surface area contributed by atoms with Gasteiger partial charge >= 0.3 is 0 Å². The number of hydrogen-bond donors (Lipinski definition) is 0. The summed E-state index contributed by atoms with van der Waals surface area (Å²) in [5.41, 5.74) is 1.02. The first-order valence-corrected chi connectivity index (χ1v) is 6.46. The topological polar surface area (TPSA) is 17.1 Å². The summed E-state index contributed by atoms with van der Waals surface area (Å²) in [5, 5.41) is 0. The van der Waals surface area contributed by atoms with Crippen LogP contribution in [0.15, 0.2) is 34.8 Å². The van der Waals surface area contributed by atoms with Gasteiger partial charge in [-0.3, -0.25) is 4.79 Å². The van der Waals surface area contributed by atoms with E-state index in [4.69, 9.17) is 0 Å². The van der Waals surface area contributed by atoms with Crippen LogP contribution in [0.1, 0.15) is 27.0 Å². The van der Waals surface area contributed by atoms with Crippen LogP contribution in [0, 0.1) is 25.5 Å². The van der Waals surface area contributed by atoms with Crippen molar-refractivity contribution in [2.45, 2.75) is 13.8 Å². The standard InChI is InChI=1S/C15H11BrF2O/c1-8-5-10(6-9(2)14(8)18)15(19)12-4-3-11(16)7-13(12)17/h3-7H,1-2H3. The van der Waals surface area contributed by atoms with Gasteiger partial charge in [-0.05, 0) is 55.3 Å². The molecule has 0 spiro atoms. The highest BCUT2D eigenvalue weighted by Crippen LogP contribution is 2.21. The Bertz CT molecular complexity index is 642. The second-order valence-corrected chi connectivity index (χ2v) is 5.29. The molecule has 0 aliphatic rings. The third-order valence-corrected chi connectivity index (χ3v) is 3.37. The molecule has 98 valence electrons. The highest BCUT2D eigenvalue weighted by atomic mass is 79.9. The Morgan fingerprint density at radius 3 is 2.16 bits per heavy atom. The number of carbonyl (C=O) groups excluding carboxylic acids is 1. The largest absolute Gasteiger partial charge is 0.288 e. The van der Waals surface area contributed by atoms with Crippen molar-refractivity contribution in [3.05, 3.63) is 68.7 Å². The first-order chi connectivity index (χ1) is 8.90. The minimum atomic E-state index is -0.598. The molecule has 2 rings (SSSR count). The molecule has 19 heavy (non-hydrogen) atoms. The first-order valence-electron chi connectivity index (χ1n) is 5.66. The summed E-state index contributed by atoms with van der Waals surface area (Å²) in [6, 6.07) is 7.12. The molecule has 0 aliphatic carbocycles. The van der Waals surface area contributed by atoms with Crippen LogP contribution >= 0.6 is 15.9 Å². The lowest BCUT2D eigenvalue weighted by atomic mass is 9.98. The first kappa shape index (κ1) is 13.9. The van der Waals surface area contributed by atoms with Gasteiger partial charge in [-0.1, -0.05) is 15.9 Å². The molecule has 0 amide bonds. The van der Waals surface area contributed by atoms with Crippen molar-refractivity contribution in [3.63, 3.8) is 0 Å². The fraction of sp³-hybridized carbons (Fsp3) is 0.133. The zero-order valence-electron chi connectivity index (χ0n) is 10.4. The van der Waals surface area contributed by atoms with E-state index >= 15 is 0 Å². The Hall–Kier alpha value is -1.55. The Morgan fingerprint density at radius 2 is 1.63 bits per heavy atom. The molecule has 0 unspecified atom stereocenters. The minimum Gasteiger partial charge on any atom is -0.288 e. The van der Waals surface area contributed by atoms with Crippen molar-refractivity contribution in [1.82, 2.24) is 0 Å². The zero-order chi connectivity index (χ0) is 14.2. The van der Waals surface area contributed by atoms with E-state index < -0.39 is 11.6 Å². The summed E-state index contributed by atoms with van der Waals surface area (Å²) >= 11 is 3.13. The van der Waals surface area contributed by atoms with Crippen LogP contribution in [0.5, 0.6) is 0 Å². The maximum Gasteiger partial charge on any atom is 0.195 e. The van der Waals surface area contributed by atoms with E-state index in [0.717, 1.165) is 0 Å². The van der Waals surface area contributed by atoms with Crippen molar-refractivity contribution in [2.24, 2.45) is 0 Å². The fourth-order valence-corrected chi connectivity index (χ4v) is 2.24. The van der Waals surface area contributed by atoms with Gasteiger partial charge in [0.1, 0.15) is 11.6 Å². The van der Waals surface area contributed by atoms with Crippen LogP contribution in [-0.4, -0.2) is 5.78 Å². The predicted molar refractivity (Wildman–Crippen MR) is 73.4 cm³/mol. The molecular weight excluding hydrogens is 314 g/mol. The second-order valence-electron chi connectivity index (χ2n) is 4.38. The van der Waals surface area contributed by atoms with Gasteiger partial charge < -0.3 is 0 Å². The lowest BCUT2D eigenvalue weighted by molar-refractivity contribution is 0.103. The number of benzene rings is 2. The van der Waals surface area contributed by atoms with Crippen LogP contribution in [0.3, 0.4) is 0 Å². The number of hydrogen-bond acceptors (Lipinski definition) is 1. The lowest BCUT2D eigenvalue weighted by Gasteiger charge is -2.07. The molecule has 0 heterocycles. The van der Waals surface area contributed by atoms with E-state index in [1.807, 2.05) is 0 Å². The van der Waals surface area contributed by atoms with Crippen molar-refractivity contribution < 1.29 is 13.6 Å². The molecule has 0 aliphatic heterocycles. The maximum absolute atomic E-state index is 13.7. The van der Waals surface area contributed by atoms with E-state index in [0.29, 0.717) is 15.6 Å². The molecule has 1 nitrogen and oxygen atoms in total. The molecule has 0 saturated carbocycles. The monoisotopic (exact) mass is 324 g/mol. The van der Waals surface area contributed by atoms with Gasteiger partial charge in [0.15, 0.2) is 5.78 Å². The number of halogens is 3. The average molecular weight is 325 g/mol. The molecule has 4 heteroatoms. The summed E-state index contributed by atoms with van der Waals surface area (Å²) in [5.74, 6) is -1.39. The van der Waals surface area contributed by atoms with Gasteiger partial charge in [-0.15, -0.1) is 0 Å². The number of carbonyl (C=O) groups is 1. The summed E-state index contributed by atoms with van der Waals surface area (Å²) in [6.45, 7) is 3.16. The van der Waals surface area contributed by atoms with Crippen LogP contribution in [0.25, 0.3) is 0 Å². The third-order valence-electron chi connectivity index (χ3n) is 2.87. The highest BCUT2D eigenvalue weighted by molar-refractivity contribution is 9.10. The average Bonchev–Trinajstić information content (AvgIpc) is 2.34. The van der Waals surface area contributed by atoms with E-state index in [9.17, 15) is 13.6 Å². The second kappa shape index (κ2) is 5.21. The number of ketones is 1. The van der Waals surface area contributed by atoms with Crippen molar-refractivity contribution in [1.29, 1.82) is 0 Å². The van der Waals surface area contributed by atoms with Gasteiger partial charge in [0, 0.05) is 10.0 Å². The number of rotatable bonds is 2. The Labute approximate surface area is 118 Å². The summed E-state index contributed by atoms with van der Waals surface area (Å²) < 4.78 is 27.8. The predicted octanol–water partition coefficient (Wildman–Crippen LogP) is 4.58. The van der Waals surface area contributed by atoms with Crippen LogP contribution in [0.4, 0.5) is 8.78 Å². The molecule has 0 bridgehead atoms. The molecule has 0 N–H and O–H groups in total. The normalized spacial score (nSPS) is 10.6. The fourth-order valence-electron chi connectivity index (χ4n) is 1.91. The van der Waals surface area contributed by atoms with Crippen molar-refractivity contribution >= 4 is 21.7 Å². The maximum atomic E-state index is 13.7. The van der Waals surface area contributed by atoms with Gasteiger partial charge in [0.05, 0.1) is 5.56 Å². The molecule has 2 aromatic carbocycles. The summed E-state index contributed by atoms with van der Waals surface area (Å²) in [7, 11) is 0. The zero-order valence-corrected chi connectivity index (χ0v) is 12.0. The molecule has 0 atom stereocenters. The molecule has 0 aromatic heterocycles. The Balaban J connectivity index is 2.50. The van der Waals surface area contributed by atoms with E-state index in [1.165, 1.54) is 24.3 Å². The molecular formula is C15H11BrF2O. The lowest BCUT2D eigenvalue weighted by Crippen LogP contribution is -2.06.